The van der Waals surface area contributed by atoms with Crippen molar-refractivity contribution in [3.63, 3.8) is 0 Å². The van der Waals surface area contributed by atoms with E-state index in [-0.39, 0.29) is 0 Å². The van der Waals surface area contributed by atoms with Crippen molar-refractivity contribution in [1.29, 1.82) is 0 Å². The first kappa shape index (κ1) is 12.7. The lowest BCUT2D eigenvalue weighted by Gasteiger charge is -2.16. The van der Waals surface area contributed by atoms with Crippen molar-refractivity contribution < 1.29 is 5.11 Å². The maximum Gasteiger partial charge on any atom is 0.119 e. The Hall–Kier alpha value is -1.76. The lowest BCUT2D eigenvalue weighted by molar-refractivity contribution is 0.464. The fourth-order valence-corrected chi connectivity index (χ4v) is 2.24. The van der Waals surface area contributed by atoms with E-state index in [0.717, 1.165) is 5.56 Å². The molecule has 1 unspecified atom stereocenters. The summed E-state index contributed by atoms with van der Waals surface area (Å²) in [6.45, 7) is 6.41. The summed E-state index contributed by atoms with van der Waals surface area (Å²) < 4.78 is 0. The molecule has 2 rings (SSSR count). The van der Waals surface area contributed by atoms with Crippen molar-refractivity contribution in [3.8, 4) is 5.75 Å². The van der Waals surface area contributed by atoms with Crippen LogP contribution in [0.2, 0.25) is 0 Å². The van der Waals surface area contributed by atoms with Crippen molar-refractivity contribution in [2.75, 3.05) is 0 Å². The molecule has 18 heavy (non-hydrogen) atoms. The molecular formula is C17H20O. The van der Waals surface area contributed by atoms with Crippen LogP contribution < -0.4 is 0 Å². The van der Waals surface area contributed by atoms with Crippen LogP contribution in [0.1, 0.15) is 49.3 Å². The SMILES string of the molecule is CC(C)c1cc(C(C)c2ccccc2)ccc1O. The first-order valence-corrected chi connectivity index (χ1v) is 6.47. The van der Waals surface area contributed by atoms with Crippen LogP contribution in [0.25, 0.3) is 0 Å². The van der Waals surface area contributed by atoms with E-state index < -0.39 is 0 Å². The maximum absolute atomic E-state index is 9.86. The number of phenols is 1. The second-order valence-corrected chi connectivity index (χ2v) is 5.11. The van der Waals surface area contributed by atoms with Crippen molar-refractivity contribution >= 4 is 0 Å². The number of hydrogen-bond donors (Lipinski definition) is 1. The maximum atomic E-state index is 9.86. The van der Waals surface area contributed by atoms with Gasteiger partial charge < -0.3 is 5.11 Å². The largest absolute Gasteiger partial charge is 0.508 e. The Labute approximate surface area is 109 Å². The summed E-state index contributed by atoms with van der Waals surface area (Å²) in [5, 5.41) is 9.86. The normalized spacial score (nSPS) is 12.7. The van der Waals surface area contributed by atoms with Gasteiger partial charge in [0.1, 0.15) is 5.75 Å². The van der Waals surface area contributed by atoms with Crippen molar-refractivity contribution in [1.82, 2.24) is 0 Å². The molecule has 1 atom stereocenters. The third-order valence-electron chi connectivity index (χ3n) is 3.47. The summed E-state index contributed by atoms with van der Waals surface area (Å²) >= 11 is 0. The lowest BCUT2D eigenvalue weighted by Crippen LogP contribution is -1.98. The zero-order valence-electron chi connectivity index (χ0n) is 11.2. The molecule has 0 aliphatic carbocycles. The van der Waals surface area contributed by atoms with Gasteiger partial charge in [-0.2, -0.15) is 0 Å². The summed E-state index contributed by atoms with van der Waals surface area (Å²) in [5.74, 6) is 1.09. The van der Waals surface area contributed by atoms with E-state index in [4.69, 9.17) is 0 Å². The van der Waals surface area contributed by atoms with Gasteiger partial charge in [0.05, 0.1) is 0 Å². The van der Waals surface area contributed by atoms with Gasteiger partial charge in [-0.1, -0.05) is 63.2 Å². The molecule has 0 spiro atoms. The molecule has 0 fully saturated rings. The van der Waals surface area contributed by atoms with E-state index in [0.29, 0.717) is 17.6 Å². The summed E-state index contributed by atoms with van der Waals surface area (Å²) in [6.07, 6.45) is 0. The fraction of sp³-hybridized carbons (Fsp3) is 0.294. The summed E-state index contributed by atoms with van der Waals surface area (Å²) in [5.41, 5.74) is 3.58. The van der Waals surface area contributed by atoms with Gasteiger partial charge in [-0.05, 0) is 28.7 Å². The van der Waals surface area contributed by atoms with Gasteiger partial charge in [-0.25, -0.2) is 0 Å². The number of hydrogen-bond acceptors (Lipinski definition) is 1. The molecule has 2 aromatic carbocycles. The average molecular weight is 240 g/mol. The van der Waals surface area contributed by atoms with Gasteiger partial charge in [0.2, 0.25) is 0 Å². The minimum absolute atomic E-state index is 0.341. The first-order valence-electron chi connectivity index (χ1n) is 6.47. The monoisotopic (exact) mass is 240 g/mol. The zero-order valence-corrected chi connectivity index (χ0v) is 11.2. The second kappa shape index (κ2) is 5.26. The van der Waals surface area contributed by atoms with Crippen molar-refractivity contribution in [2.45, 2.75) is 32.6 Å². The van der Waals surface area contributed by atoms with Crippen LogP contribution in [0.5, 0.6) is 5.75 Å². The summed E-state index contributed by atoms with van der Waals surface area (Å²) in [7, 11) is 0. The van der Waals surface area contributed by atoms with Gasteiger partial charge in [0.25, 0.3) is 0 Å². The molecule has 0 saturated carbocycles. The van der Waals surface area contributed by atoms with Gasteiger partial charge in [-0.3, -0.25) is 0 Å². The molecule has 0 radical (unpaired) electrons. The number of benzene rings is 2. The van der Waals surface area contributed by atoms with Crippen LogP contribution in [0.3, 0.4) is 0 Å². The highest BCUT2D eigenvalue weighted by molar-refractivity contribution is 5.42. The predicted molar refractivity (Wildman–Crippen MR) is 76.2 cm³/mol. The van der Waals surface area contributed by atoms with E-state index in [2.05, 4.69) is 51.1 Å². The molecule has 2 aromatic rings. The Balaban J connectivity index is 2.37. The van der Waals surface area contributed by atoms with E-state index in [1.165, 1.54) is 11.1 Å². The van der Waals surface area contributed by atoms with Gasteiger partial charge in [0, 0.05) is 5.92 Å². The van der Waals surface area contributed by atoms with E-state index in [1.807, 2.05) is 18.2 Å². The molecule has 0 bridgehead atoms. The van der Waals surface area contributed by atoms with Gasteiger partial charge in [0.15, 0.2) is 0 Å². The molecule has 0 aliphatic heterocycles. The predicted octanol–water partition coefficient (Wildman–Crippen LogP) is 4.67. The number of aromatic hydroxyl groups is 1. The Morgan fingerprint density at radius 2 is 1.50 bits per heavy atom. The van der Waals surface area contributed by atoms with Gasteiger partial charge in [-0.15, -0.1) is 0 Å². The highest BCUT2D eigenvalue weighted by atomic mass is 16.3. The molecule has 0 saturated heterocycles. The Morgan fingerprint density at radius 1 is 0.833 bits per heavy atom. The fourth-order valence-electron chi connectivity index (χ4n) is 2.24. The van der Waals surface area contributed by atoms with Crippen molar-refractivity contribution in [3.05, 3.63) is 65.2 Å². The van der Waals surface area contributed by atoms with E-state index in [1.54, 1.807) is 0 Å². The average Bonchev–Trinajstić information content (AvgIpc) is 2.39. The minimum Gasteiger partial charge on any atom is -0.508 e. The van der Waals surface area contributed by atoms with Crippen LogP contribution >= 0.6 is 0 Å². The van der Waals surface area contributed by atoms with Crippen LogP contribution in [0.4, 0.5) is 0 Å². The smallest absolute Gasteiger partial charge is 0.119 e. The molecule has 0 heterocycles. The first-order chi connectivity index (χ1) is 8.59. The number of rotatable bonds is 3. The molecule has 0 aromatic heterocycles. The van der Waals surface area contributed by atoms with Crippen LogP contribution in [-0.4, -0.2) is 5.11 Å². The Morgan fingerprint density at radius 3 is 2.11 bits per heavy atom. The second-order valence-electron chi connectivity index (χ2n) is 5.11. The lowest BCUT2D eigenvalue weighted by atomic mass is 9.90. The van der Waals surface area contributed by atoms with E-state index >= 15 is 0 Å². The standard InChI is InChI=1S/C17H20O/c1-12(2)16-11-15(9-10-17(16)18)13(3)14-7-5-4-6-8-14/h4-13,18H,1-3H3. The quantitative estimate of drug-likeness (QED) is 0.826. The van der Waals surface area contributed by atoms with Crippen molar-refractivity contribution in [2.24, 2.45) is 0 Å². The third kappa shape index (κ3) is 2.56. The van der Waals surface area contributed by atoms with Crippen LogP contribution in [-0.2, 0) is 0 Å². The molecule has 0 aliphatic rings. The molecule has 0 amide bonds. The molecule has 1 nitrogen and oxygen atoms in total. The van der Waals surface area contributed by atoms with Crippen LogP contribution in [0, 0.1) is 0 Å². The summed E-state index contributed by atoms with van der Waals surface area (Å²) in [6, 6.07) is 16.4. The Bertz CT molecular complexity index is 514. The van der Waals surface area contributed by atoms with Gasteiger partial charge >= 0.3 is 0 Å². The Kier molecular flexibility index (Phi) is 3.71. The minimum atomic E-state index is 0.341. The molecule has 1 heteroatoms. The zero-order chi connectivity index (χ0) is 13.1. The topological polar surface area (TPSA) is 20.2 Å². The molecule has 1 N–H and O–H groups in total. The number of phenolic OH excluding ortho intramolecular Hbond substituents is 1. The highest BCUT2D eigenvalue weighted by Crippen LogP contribution is 2.31. The molecule has 94 valence electrons. The van der Waals surface area contributed by atoms with E-state index in [9.17, 15) is 5.11 Å². The third-order valence-corrected chi connectivity index (χ3v) is 3.47. The summed E-state index contributed by atoms with van der Waals surface area (Å²) in [4.78, 5) is 0. The molecular weight excluding hydrogens is 220 g/mol. The highest BCUT2D eigenvalue weighted by Gasteiger charge is 2.12. The van der Waals surface area contributed by atoms with Crippen LogP contribution in [0.15, 0.2) is 48.5 Å².